The van der Waals surface area contributed by atoms with Crippen LogP contribution in [0.2, 0.25) is 0 Å². The first-order chi connectivity index (χ1) is 9.81. The summed E-state index contributed by atoms with van der Waals surface area (Å²) in [7, 11) is 0. The molecule has 0 radical (unpaired) electrons. The van der Waals surface area contributed by atoms with Gasteiger partial charge < -0.3 is 4.90 Å². The molecule has 0 spiro atoms. The normalized spacial score (nSPS) is 16.4. The van der Waals surface area contributed by atoms with Gasteiger partial charge in [-0.2, -0.15) is 0 Å². The fourth-order valence-corrected chi connectivity index (χ4v) is 2.52. The van der Waals surface area contributed by atoms with Crippen LogP contribution in [-0.2, 0) is 6.54 Å². The lowest BCUT2D eigenvalue weighted by molar-refractivity contribution is 0.246. The molecule has 1 aliphatic rings. The van der Waals surface area contributed by atoms with Gasteiger partial charge in [-0.15, -0.1) is 0 Å². The van der Waals surface area contributed by atoms with E-state index in [1.165, 1.54) is 0 Å². The lowest BCUT2D eigenvalue weighted by Gasteiger charge is -2.34. The molecule has 2 aromatic rings. The van der Waals surface area contributed by atoms with Gasteiger partial charge in [0.05, 0.1) is 5.69 Å². The minimum Gasteiger partial charge on any atom is -0.338 e. The Morgan fingerprint density at radius 3 is 2.40 bits per heavy atom. The first-order valence-electron chi connectivity index (χ1n) is 6.66. The van der Waals surface area contributed by atoms with E-state index in [2.05, 4.69) is 46.7 Å². The molecule has 0 N–H and O–H groups in total. The lowest BCUT2D eigenvalue weighted by Crippen LogP contribution is -2.46. The van der Waals surface area contributed by atoms with Gasteiger partial charge in [0, 0.05) is 55.8 Å². The smallest absolute Gasteiger partial charge is 0.225 e. The molecule has 0 amide bonds. The van der Waals surface area contributed by atoms with Crippen LogP contribution in [0.15, 0.2) is 41.3 Å². The van der Waals surface area contributed by atoms with E-state index in [-0.39, 0.29) is 0 Å². The summed E-state index contributed by atoms with van der Waals surface area (Å²) in [6.07, 6.45) is 5.43. The molecule has 3 heterocycles. The Morgan fingerprint density at radius 1 is 1.00 bits per heavy atom. The molecule has 1 fully saturated rings. The van der Waals surface area contributed by atoms with Crippen LogP contribution in [0.4, 0.5) is 5.95 Å². The van der Waals surface area contributed by atoms with Gasteiger partial charge in [0.15, 0.2) is 0 Å². The van der Waals surface area contributed by atoms with Crippen molar-refractivity contribution in [2.75, 3.05) is 31.1 Å². The van der Waals surface area contributed by atoms with Gasteiger partial charge in [0.2, 0.25) is 5.95 Å². The summed E-state index contributed by atoms with van der Waals surface area (Å²) in [4.78, 5) is 17.7. The van der Waals surface area contributed by atoms with Crippen LogP contribution in [-0.4, -0.2) is 46.0 Å². The van der Waals surface area contributed by atoms with Gasteiger partial charge in [-0.05, 0) is 34.1 Å². The van der Waals surface area contributed by atoms with E-state index in [1.54, 1.807) is 12.4 Å². The molecule has 0 bridgehead atoms. The zero-order valence-electron chi connectivity index (χ0n) is 11.1. The molecule has 0 atom stereocenters. The summed E-state index contributed by atoms with van der Waals surface area (Å²) in [5, 5.41) is 0. The van der Waals surface area contributed by atoms with Crippen molar-refractivity contribution >= 4 is 21.9 Å². The summed E-state index contributed by atoms with van der Waals surface area (Å²) in [6.45, 7) is 4.84. The van der Waals surface area contributed by atoms with Crippen LogP contribution in [0.3, 0.4) is 0 Å². The van der Waals surface area contributed by atoms with Crippen LogP contribution >= 0.6 is 15.9 Å². The maximum atomic E-state index is 4.42. The SMILES string of the molecule is Brc1ccc(CN2CCN(c3ncccn3)CC2)nc1. The van der Waals surface area contributed by atoms with E-state index < -0.39 is 0 Å². The maximum absolute atomic E-state index is 4.42. The molecule has 20 heavy (non-hydrogen) atoms. The molecule has 3 rings (SSSR count). The number of hydrogen-bond donors (Lipinski definition) is 0. The van der Waals surface area contributed by atoms with E-state index in [4.69, 9.17) is 0 Å². The summed E-state index contributed by atoms with van der Waals surface area (Å²) in [5.41, 5.74) is 1.11. The van der Waals surface area contributed by atoms with Crippen molar-refractivity contribution in [3.8, 4) is 0 Å². The number of pyridine rings is 1. The number of rotatable bonds is 3. The van der Waals surface area contributed by atoms with Crippen molar-refractivity contribution in [1.29, 1.82) is 0 Å². The number of halogens is 1. The first kappa shape index (κ1) is 13.5. The van der Waals surface area contributed by atoms with E-state index in [9.17, 15) is 0 Å². The van der Waals surface area contributed by atoms with Crippen molar-refractivity contribution in [3.63, 3.8) is 0 Å². The monoisotopic (exact) mass is 333 g/mol. The molecule has 0 unspecified atom stereocenters. The average Bonchev–Trinajstić information content (AvgIpc) is 2.51. The zero-order valence-corrected chi connectivity index (χ0v) is 12.7. The van der Waals surface area contributed by atoms with Crippen LogP contribution in [0.25, 0.3) is 0 Å². The molecule has 104 valence electrons. The van der Waals surface area contributed by atoms with Crippen molar-refractivity contribution in [3.05, 3.63) is 47.0 Å². The van der Waals surface area contributed by atoms with Crippen LogP contribution in [0, 0.1) is 0 Å². The fourth-order valence-electron chi connectivity index (χ4n) is 2.29. The topological polar surface area (TPSA) is 45.2 Å². The number of hydrogen-bond acceptors (Lipinski definition) is 5. The molecule has 6 heteroatoms. The highest BCUT2D eigenvalue weighted by Crippen LogP contribution is 2.13. The van der Waals surface area contributed by atoms with E-state index in [0.29, 0.717) is 0 Å². The van der Waals surface area contributed by atoms with E-state index in [0.717, 1.165) is 48.8 Å². The molecule has 5 nitrogen and oxygen atoms in total. The predicted octanol–water partition coefficient (Wildman–Crippen LogP) is 1.96. The standard InChI is InChI=1S/C14H16BrN5/c15-12-2-3-13(18-10-12)11-19-6-8-20(9-7-19)14-16-4-1-5-17-14/h1-5,10H,6-9,11H2. The Kier molecular flexibility index (Phi) is 4.22. The minimum absolute atomic E-state index is 0.828. The quantitative estimate of drug-likeness (QED) is 0.859. The van der Waals surface area contributed by atoms with Crippen LogP contribution < -0.4 is 4.90 Å². The Labute approximate surface area is 126 Å². The van der Waals surface area contributed by atoms with Gasteiger partial charge in [-0.3, -0.25) is 9.88 Å². The van der Waals surface area contributed by atoms with Crippen LogP contribution in [0.5, 0.6) is 0 Å². The number of aromatic nitrogens is 3. The fraction of sp³-hybridized carbons (Fsp3) is 0.357. The Hall–Kier alpha value is -1.53. The minimum atomic E-state index is 0.828. The molecular weight excluding hydrogens is 318 g/mol. The highest BCUT2D eigenvalue weighted by molar-refractivity contribution is 9.10. The number of piperazine rings is 1. The van der Waals surface area contributed by atoms with E-state index in [1.807, 2.05) is 18.3 Å². The Balaban J connectivity index is 1.55. The van der Waals surface area contributed by atoms with E-state index >= 15 is 0 Å². The molecule has 1 aliphatic heterocycles. The van der Waals surface area contributed by atoms with Crippen molar-refractivity contribution in [2.45, 2.75) is 6.54 Å². The van der Waals surface area contributed by atoms with Gasteiger partial charge in [-0.1, -0.05) is 0 Å². The number of anilines is 1. The third-order valence-corrected chi connectivity index (χ3v) is 3.85. The average molecular weight is 334 g/mol. The van der Waals surface area contributed by atoms with Crippen molar-refractivity contribution < 1.29 is 0 Å². The largest absolute Gasteiger partial charge is 0.338 e. The molecule has 2 aromatic heterocycles. The second-order valence-corrected chi connectivity index (χ2v) is 5.70. The first-order valence-corrected chi connectivity index (χ1v) is 7.45. The molecule has 1 saturated heterocycles. The summed E-state index contributed by atoms with van der Waals surface area (Å²) in [5.74, 6) is 0.828. The Bertz CT molecular complexity index is 537. The summed E-state index contributed by atoms with van der Waals surface area (Å²) < 4.78 is 1.02. The molecular formula is C14H16BrN5. The Morgan fingerprint density at radius 2 is 1.75 bits per heavy atom. The third kappa shape index (κ3) is 3.32. The van der Waals surface area contributed by atoms with Gasteiger partial charge >= 0.3 is 0 Å². The summed E-state index contributed by atoms with van der Waals surface area (Å²) >= 11 is 3.41. The lowest BCUT2D eigenvalue weighted by atomic mass is 10.3. The second kappa shape index (κ2) is 6.28. The highest BCUT2D eigenvalue weighted by Gasteiger charge is 2.18. The third-order valence-electron chi connectivity index (χ3n) is 3.38. The van der Waals surface area contributed by atoms with Gasteiger partial charge in [-0.25, -0.2) is 9.97 Å². The van der Waals surface area contributed by atoms with Crippen molar-refractivity contribution in [2.24, 2.45) is 0 Å². The molecule has 0 aromatic carbocycles. The van der Waals surface area contributed by atoms with Crippen molar-refractivity contribution in [1.82, 2.24) is 19.9 Å². The summed E-state index contributed by atoms with van der Waals surface area (Å²) in [6, 6.07) is 5.95. The molecule has 0 saturated carbocycles. The van der Waals surface area contributed by atoms with Gasteiger partial charge in [0.1, 0.15) is 0 Å². The molecule has 0 aliphatic carbocycles. The zero-order chi connectivity index (χ0) is 13.8. The second-order valence-electron chi connectivity index (χ2n) is 4.78. The highest BCUT2D eigenvalue weighted by atomic mass is 79.9. The number of nitrogens with zero attached hydrogens (tertiary/aromatic N) is 5. The van der Waals surface area contributed by atoms with Gasteiger partial charge in [0.25, 0.3) is 0 Å². The van der Waals surface area contributed by atoms with Crippen LogP contribution in [0.1, 0.15) is 5.69 Å². The predicted molar refractivity (Wildman–Crippen MR) is 81.5 cm³/mol. The maximum Gasteiger partial charge on any atom is 0.225 e.